The van der Waals surface area contributed by atoms with Crippen molar-refractivity contribution in [2.75, 3.05) is 7.11 Å². The molecular weight excluding hydrogens is 448 g/mol. The van der Waals surface area contributed by atoms with Crippen LogP contribution in [0.2, 0.25) is 0 Å². The van der Waals surface area contributed by atoms with Crippen LogP contribution < -0.4 is 4.74 Å². The van der Waals surface area contributed by atoms with E-state index in [9.17, 15) is 10.1 Å². The SMILES string of the molecule is COc1ccc(N=C(C)c2ccc([N+](=O)[O-])cc2)cc1.[Ir]. The standard InChI is InChI=1S/C15H14N2O3.Ir/c1-11(12-3-7-14(8-4-12)17(18)19)16-13-5-9-15(20-2)10-6-13;/h3-10H,1-2H3;. The van der Waals surface area contributed by atoms with Crippen molar-refractivity contribution in [2.45, 2.75) is 6.92 Å². The summed E-state index contributed by atoms with van der Waals surface area (Å²) < 4.78 is 5.08. The summed E-state index contributed by atoms with van der Waals surface area (Å²) in [5, 5.41) is 10.6. The van der Waals surface area contributed by atoms with Crippen LogP contribution in [0.25, 0.3) is 0 Å². The summed E-state index contributed by atoms with van der Waals surface area (Å²) in [6.45, 7) is 1.87. The van der Waals surface area contributed by atoms with Crippen LogP contribution in [0.1, 0.15) is 12.5 Å². The van der Waals surface area contributed by atoms with Crippen LogP contribution in [-0.4, -0.2) is 17.7 Å². The molecule has 0 fully saturated rings. The molecule has 0 unspecified atom stereocenters. The molecule has 21 heavy (non-hydrogen) atoms. The zero-order valence-electron chi connectivity index (χ0n) is 11.6. The molecule has 0 N–H and O–H groups in total. The molecular formula is C15H14IrN2O3. The van der Waals surface area contributed by atoms with E-state index >= 15 is 0 Å². The van der Waals surface area contributed by atoms with Gasteiger partial charge in [0.2, 0.25) is 0 Å². The fourth-order valence-corrected chi connectivity index (χ4v) is 1.74. The molecule has 111 valence electrons. The van der Waals surface area contributed by atoms with E-state index in [1.807, 2.05) is 31.2 Å². The maximum Gasteiger partial charge on any atom is 0.269 e. The van der Waals surface area contributed by atoms with Gasteiger partial charge in [-0.05, 0) is 48.9 Å². The van der Waals surface area contributed by atoms with Gasteiger partial charge in [-0.2, -0.15) is 0 Å². The largest absolute Gasteiger partial charge is 0.497 e. The molecule has 0 heterocycles. The molecule has 0 amide bonds. The number of nitro benzene ring substituents is 1. The summed E-state index contributed by atoms with van der Waals surface area (Å²) in [7, 11) is 1.61. The fraction of sp³-hybridized carbons (Fsp3) is 0.133. The summed E-state index contributed by atoms with van der Waals surface area (Å²) in [6.07, 6.45) is 0. The molecule has 0 bridgehead atoms. The average Bonchev–Trinajstić information content (AvgIpc) is 2.48. The Bertz CT molecular complexity index is 637. The molecule has 5 nitrogen and oxygen atoms in total. The molecule has 0 aliphatic carbocycles. The van der Waals surface area contributed by atoms with Gasteiger partial charge in [-0.15, -0.1) is 0 Å². The summed E-state index contributed by atoms with van der Waals surface area (Å²) in [5.74, 6) is 0.775. The molecule has 2 aromatic rings. The molecule has 2 aromatic carbocycles. The van der Waals surface area contributed by atoms with Crippen LogP contribution >= 0.6 is 0 Å². The maximum atomic E-state index is 10.6. The van der Waals surface area contributed by atoms with E-state index in [0.29, 0.717) is 0 Å². The number of non-ortho nitro benzene ring substituents is 1. The number of ether oxygens (including phenoxy) is 1. The van der Waals surface area contributed by atoms with Gasteiger partial charge in [0.15, 0.2) is 0 Å². The minimum absolute atomic E-state index is 0. The molecule has 0 spiro atoms. The van der Waals surface area contributed by atoms with Crippen molar-refractivity contribution >= 4 is 17.1 Å². The number of nitro groups is 1. The normalized spacial score (nSPS) is 10.7. The predicted molar refractivity (Wildman–Crippen MR) is 78.0 cm³/mol. The Labute approximate surface area is 136 Å². The van der Waals surface area contributed by atoms with E-state index in [0.717, 1.165) is 22.7 Å². The van der Waals surface area contributed by atoms with E-state index in [-0.39, 0.29) is 25.8 Å². The van der Waals surface area contributed by atoms with Gasteiger partial charge in [0.1, 0.15) is 5.75 Å². The molecule has 1 radical (unpaired) electrons. The van der Waals surface area contributed by atoms with Crippen molar-refractivity contribution in [3.63, 3.8) is 0 Å². The molecule has 6 heteroatoms. The zero-order valence-corrected chi connectivity index (χ0v) is 14.0. The van der Waals surface area contributed by atoms with E-state index in [4.69, 9.17) is 4.74 Å². The van der Waals surface area contributed by atoms with Gasteiger partial charge in [0.25, 0.3) is 5.69 Å². The van der Waals surface area contributed by atoms with Gasteiger partial charge in [-0.1, -0.05) is 0 Å². The number of benzene rings is 2. The average molecular weight is 463 g/mol. The number of aliphatic imine (C=N–C) groups is 1. The zero-order chi connectivity index (χ0) is 14.5. The van der Waals surface area contributed by atoms with E-state index < -0.39 is 4.92 Å². The first kappa shape index (κ1) is 17.0. The Kier molecular flexibility index (Phi) is 6.21. The van der Waals surface area contributed by atoms with Crippen molar-refractivity contribution in [3.8, 4) is 5.75 Å². The summed E-state index contributed by atoms with van der Waals surface area (Å²) >= 11 is 0. The first-order valence-corrected chi connectivity index (χ1v) is 6.04. The minimum atomic E-state index is -0.417. The summed E-state index contributed by atoms with van der Waals surface area (Å²) in [4.78, 5) is 14.7. The van der Waals surface area contributed by atoms with Gasteiger partial charge in [-0.25, -0.2) is 0 Å². The van der Waals surface area contributed by atoms with Crippen molar-refractivity contribution < 1.29 is 29.8 Å². The molecule has 0 aliphatic rings. The monoisotopic (exact) mass is 463 g/mol. The Hall–Kier alpha value is -2.04. The quantitative estimate of drug-likeness (QED) is 0.395. The predicted octanol–water partition coefficient (Wildman–Crippen LogP) is 3.74. The van der Waals surface area contributed by atoms with Crippen LogP contribution in [-0.2, 0) is 20.1 Å². The van der Waals surface area contributed by atoms with Crippen molar-refractivity contribution in [1.82, 2.24) is 0 Å². The number of methoxy groups -OCH3 is 1. The summed E-state index contributed by atoms with van der Waals surface area (Å²) in [6, 6.07) is 13.7. The van der Waals surface area contributed by atoms with Crippen LogP contribution in [0.5, 0.6) is 5.75 Å². The minimum Gasteiger partial charge on any atom is -0.497 e. The molecule has 0 aromatic heterocycles. The third kappa shape index (κ3) is 4.48. The molecule has 0 saturated heterocycles. The van der Waals surface area contributed by atoms with Gasteiger partial charge in [-0.3, -0.25) is 15.1 Å². The Morgan fingerprint density at radius 1 is 1.10 bits per heavy atom. The van der Waals surface area contributed by atoms with Crippen molar-refractivity contribution in [1.29, 1.82) is 0 Å². The van der Waals surface area contributed by atoms with E-state index in [2.05, 4.69) is 4.99 Å². The smallest absolute Gasteiger partial charge is 0.269 e. The van der Waals surface area contributed by atoms with Crippen LogP contribution in [0.15, 0.2) is 53.5 Å². The molecule has 0 atom stereocenters. The van der Waals surface area contributed by atoms with Crippen LogP contribution in [0.4, 0.5) is 11.4 Å². The van der Waals surface area contributed by atoms with Crippen LogP contribution in [0, 0.1) is 10.1 Å². The number of hydrogen-bond acceptors (Lipinski definition) is 4. The Balaban J connectivity index is 0.00000220. The van der Waals surface area contributed by atoms with Crippen LogP contribution in [0.3, 0.4) is 0 Å². The second-order valence-electron chi connectivity index (χ2n) is 4.20. The van der Waals surface area contributed by atoms with Crippen molar-refractivity contribution in [2.24, 2.45) is 4.99 Å². The van der Waals surface area contributed by atoms with Gasteiger partial charge in [0.05, 0.1) is 17.7 Å². The molecule has 0 aliphatic heterocycles. The van der Waals surface area contributed by atoms with Gasteiger partial charge >= 0.3 is 0 Å². The first-order valence-electron chi connectivity index (χ1n) is 6.04. The van der Waals surface area contributed by atoms with Gasteiger partial charge in [0, 0.05) is 37.9 Å². The van der Waals surface area contributed by atoms with E-state index in [1.54, 1.807) is 19.2 Å². The molecule has 0 saturated carbocycles. The maximum absolute atomic E-state index is 10.6. The third-order valence-electron chi connectivity index (χ3n) is 2.87. The van der Waals surface area contributed by atoms with Gasteiger partial charge < -0.3 is 4.74 Å². The number of rotatable bonds is 4. The second kappa shape index (κ2) is 7.67. The number of nitrogens with zero attached hydrogens (tertiary/aromatic N) is 2. The fourth-order valence-electron chi connectivity index (χ4n) is 1.74. The van der Waals surface area contributed by atoms with Crippen molar-refractivity contribution in [3.05, 3.63) is 64.2 Å². The van der Waals surface area contributed by atoms with E-state index in [1.165, 1.54) is 12.1 Å². The Morgan fingerprint density at radius 2 is 1.67 bits per heavy atom. The first-order chi connectivity index (χ1) is 9.60. The third-order valence-corrected chi connectivity index (χ3v) is 2.87. The topological polar surface area (TPSA) is 64.7 Å². The number of hydrogen-bond donors (Lipinski definition) is 0. The second-order valence-corrected chi connectivity index (χ2v) is 4.20. The Morgan fingerprint density at radius 3 is 2.14 bits per heavy atom. The molecule has 2 rings (SSSR count). The summed E-state index contributed by atoms with van der Waals surface area (Å²) in [5.41, 5.74) is 2.53.